The molecule has 0 amide bonds. The van der Waals surface area contributed by atoms with Crippen LogP contribution in [0.2, 0.25) is 0 Å². The van der Waals surface area contributed by atoms with E-state index in [9.17, 15) is 19.2 Å². The maximum atomic E-state index is 13.2. The van der Waals surface area contributed by atoms with Gasteiger partial charge in [-0.15, -0.1) is 0 Å². The molecule has 118 heavy (non-hydrogen) atoms. The number of fused-ring (bicyclic) bond motifs is 14. The summed E-state index contributed by atoms with van der Waals surface area (Å²) in [4.78, 5) is 64.0. The van der Waals surface area contributed by atoms with Crippen molar-refractivity contribution in [3.63, 3.8) is 0 Å². The molecule has 0 radical (unpaired) electrons. The van der Waals surface area contributed by atoms with E-state index in [0.29, 0.717) is 41.3 Å². The first kappa shape index (κ1) is 81.0. The smallest absolute Gasteiger partial charge is 0.335 e. The maximum absolute atomic E-state index is 13.2. The minimum absolute atomic E-state index is 0.000665. The topological polar surface area (TPSA) is 114 Å². The Morgan fingerprint density at radius 1 is 0.314 bits per heavy atom. The Kier molecular flexibility index (Phi) is 26.6. The summed E-state index contributed by atoms with van der Waals surface area (Å²) in [5, 5.41) is 0. The van der Waals surface area contributed by atoms with Crippen LogP contribution < -0.4 is 18.9 Å². The molecule has 0 aromatic heterocycles. The molecule has 0 aliphatic heterocycles. The minimum Gasteiger partial charge on any atom is -0.490 e. The van der Waals surface area contributed by atoms with Crippen LogP contribution in [0.4, 0.5) is 0 Å². The first-order valence-electron chi connectivity index (χ1n) is 41.5. The van der Waals surface area contributed by atoms with E-state index < -0.39 is 11.9 Å². The molecule has 0 saturated heterocycles. The van der Waals surface area contributed by atoms with Crippen molar-refractivity contribution in [1.29, 1.82) is 0 Å². The van der Waals surface area contributed by atoms with E-state index in [4.69, 9.17) is 23.7 Å². The van der Waals surface area contributed by atoms with Crippen LogP contribution in [-0.4, -0.2) is 37.1 Å². The first-order valence-corrected chi connectivity index (χ1v) is 46.4. The zero-order valence-electron chi connectivity index (χ0n) is 66.5. The predicted octanol–water partition coefficient (Wildman–Crippen LogP) is 23.9. The number of ether oxygens (including phenoxy) is 5. The van der Waals surface area contributed by atoms with Crippen LogP contribution in [0.25, 0.3) is 0 Å². The molecule has 6 bridgehead atoms. The first-order chi connectivity index (χ1) is 58.0. The largest absolute Gasteiger partial charge is 0.490 e. The van der Waals surface area contributed by atoms with Gasteiger partial charge in [-0.25, -0.2) is 9.59 Å². The average molecular weight is 1630 g/mol. The summed E-state index contributed by atoms with van der Waals surface area (Å²) in [6, 6.07) is 117. The van der Waals surface area contributed by atoms with Crippen LogP contribution >= 0.6 is 0 Å². The number of carbonyl (C=O) groups is 4. The van der Waals surface area contributed by atoms with Crippen LogP contribution in [0.1, 0.15) is 71.1 Å². The number of hydrogen-bond donors (Lipinski definition) is 0. The number of esters is 4. The molecule has 19 rings (SSSR count). The third-order valence-electron chi connectivity index (χ3n) is 24.6. The van der Waals surface area contributed by atoms with Gasteiger partial charge in [0.1, 0.15) is 36.2 Å². The summed E-state index contributed by atoms with van der Waals surface area (Å²) in [5.74, 6) is 10.0. The lowest BCUT2D eigenvalue weighted by Gasteiger charge is -2.37. The van der Waals surface area contributed by atoms with Crippen LogP contribution in [-0.2, 0) is 67.5 Å². The number of benzene rings is 12. The van der Waals surface area contributed by atoms with E-state index in [2.05, 4.69) is 268 Å². The molecular weight excluding hydrogens is 1530 g/mol. The monoisotopic (exact) mass is 1630 g/mol. The van der Waals surface area contributed by atoms with E-state index in [1.165, 1.54) is 110 Å². The molecule has 12 aromatic rings. The van der Waals surface area contributed by atoms with Gasteiger partial charge in [0.05, 0.1) is 55.4 Å². The third-order valence-corrected chi connectivity index (χ3v) is 33.5. The highest BCUT2D eigenvalue weighted by Gasteiger charge is 2.64. The van der Waals surface area contributed by atoms with Crippen LogP contribution in [0.3, 0.4) is 0 Å². The normalized spacial score (nSPS) is 21.7. The lowest BCUT2D eigenvalue weighted by molar-refractivity contribution is -0.143. The van der Waals surface area contributed by atoms with Crippen LogP contribution in [0, 0.1) is 71.0 Å². The summed E-state index contributed by atoms with van der Waals surface area (Å²) in [7, 11) is -0.740. The van der Waals surface area contributed by atoms with Gasteiger partial charge in [0.25, 0.3) is 0 Å². The highest BCUT2D eigenvalue weighted by molar-refractivity contribution is 7.98. The van der Waals surface area contributed by atoms with Crippen molar-refractivity contribution in [3.05, 3.63) is 365 Å². The molecule has 12 aromatic carbocycles. The van der Waals surface area contributed by atoms with E-state index in [0.717, 1.165) is 72.0 Å². The van der Waals surface area contributed by atoms with Crippen molar-refractivity contribution in [2.75, 3.05) is 13.2 Å². The van der Waals surface area contributed by atoms with Gasteiger partial charge in [-0.2, -0.15) is 0 Å². The van der Waals surface area contributed by atoms with Crippen molar-refractivity contribution >= 4 is 67.5 Å². The second kappa shape index (κ2) is 38.7. The molecule has 594 valence electrons. The summed E-state index contributed by atoms with van der Waals surface area (Å²) < 4.78 is 27.8. The van der Waals surface area contributed by atoms with Crippen LogP contribution in [0.15, 0.2) is 423 Å². The molecule has 12 unspecified atom stereocenters. The van der Waals surface area contributed by atoms with Gasteiger partial charge < -0.3 is 23.7 Å². The molecule has 0 heterocycles. The van der Waals surface area contributed by atoms with Gasteiger partial charge in [-0.3, -0.25) is 9.59 Å². The molecule has 7 aliphatic carbocycles. The molecule has 0 N–H and O–H groups in total. The quantitative estimate of drug-likeness (QED) is 0.0154. The third kappa shape index (κ3) is 19.0. The summed E-state index contributed by atoms with van der Waals surface area (Å²) in [6.45, 7) is 9.09. The van der Waals surface area contributed by atoms with Gasteiger partial charge in [0, 0.05) is 11.6 Å². The van der Waals surface area contributed by atoms with Gasteiger partial charge in [-0.05, 0) is 318 Å². The van der Waals surface area contributed by atoms with Gasteiger partial charge in [0.2, 0.25) is 0 Å². The Hall–Kier alpha value is -10.8. The maximum Gasteiger partial charge on any atom is 0.335 e. The fraction of sp³-hybridized carbons (Fsp3) is 0.238. The van der Waals surface area contributed by atoms with Gasteiger partial charge >= 0.3 is 23.9 Å². The SMILES string of the molecule is C=C(C)C(=O)OCCOc1ccc([S+](c2ccccc2)c2ccccc2)cc1.C=CC(=O)Oc1ccc([S+](c2ccccc2)c2ccccc2)cc1.O=C(Oc1ccc([S+](c2ccccc2)c2ccccc2)cc1)C1CC2CC1C1C3CCC(C3)C21.O=C(Oc1ccc([S+](c2ccccc2)c2ccccc2)cc1)C1CC2CC1C1CCCC21. The van der Waals surface area contributed by atoms with Crippen LogP contribution in [0.5, 0.6) is 23.0 Å². The van der Waals surface area contributed by atoms with E-state index in [-0.39, 0.29) is 74.0 Å². The summed E-state index contributed by atoms with van der Waals surface area (Å²) >= 11 is 0. The second-order valence-electron chi connectivity index (χ2n) is 31.6. The molecule has 7 saturated carbocycles. The number of hydrogen-bond acceptors (Lipinski definition) is 9. The van der Waals surface area contributed by atoms with Gasteiger partial charge in [0.15, 0.2) is 58.7 Å². The Morgan fingerprint density at radius 2 is 0.619 bits per heavy atom. The van der Waals surface area contributed by atoms with E-state index in [1.54, 1.807) is 6.92 Å². The summed E-state index contributed by atoms with van der Waals surface area (Å²) in [6.07, 6.45) is 14.2. The summed E-state index contributed by atoms with van der Waals surface area (Å²) in [5.41, 5.74) is 0.387. The van der Waals surface area contributed by atoms with E-state index in [1.807, 2.05) is 84.9 Å². The molecule has 0 spiro atoms. The Balaban J connectivity index is 0.000000119. The molecule has 9 nitrogen and oxygen atoms in total. The zero-order chi connectivity index (χ0) is 80.7. The van der Waals surface area contributed by atoms with Crippen molar-refractivity contribution in [2.45, 2.75) is 130 Å². The lowest BCUT2D eigenvalue weighted by Crippen LogP contribution is -2.37. The van der Waals surface area contributed by atoms with E-state index >= 15 is 0 Å². The number of carbonyl (C=O) groups excluding carboxylic acids is 4. The predicted molar refractivity (Wildman–Crippen MR) is 472 cm³/mol. The van der Waals surface area contributed by atoms with Crippen molar-refractivity contribution < 1.29 is 42.9 Å². The fourth-order valence-corrected chi connectivity index (χ4v) is 28.2. The standard InChI is InChI=1S/C31H31O2S.C29H29O2S.C24H23O3S.C21H17O2S/c32-31(28-19-22-18-27(28)30-21-12-11-20(17-21)29(22)30)33-23-13-15-26(16-14-23)34(24-7-3-1-4-8-24)25-9-5-2-6-10-25;30-29(28-19-20-18-27(28)26-13-7-12-25(20)26)31-21-14-16-24(17-15-21)32(22-8-3-1-4-9-22)23-10-5-2-6-11-23;1-19(2)24(25)27-18-17-26-20-13-15-23(16-14-20)28(21-9-5-3-6-10-21)22-11-7-4-8-12-22;1-2-21(22)23-17-13-15-20(16-14-17)24(18-9-5-3-6-10-18)19-11-7-4-8-12-19/h1-10,13-16,20-22,27-30H,11-12,17-19H2;1-6,8-11,14-17,20,25-28H,7,12-13,18-19H2;3-16H,1,17-18H2,2H3;2-16H,1H2/q4*+1. The van der Waals surface area contributed by atoms with Crippen molar-refractivity contribution in [1.82, 2.24) is 0 Å². The molecule has 12 atom stereocenters. The highest BCUT2D eigenvalue weighted by atomic mass is 32.2. The van der Waals surface area contributed by atoms with Gasteiger partial charge in [-0.1, -0.05) is 165 Å². The Morgan fingerprint density at radius 3 is 0.975 bits per heavy atom. The molecule has 13 heteroatoms. The minimum atomic E-state index is -0.451. The number of rotatable bonds is 23. The Bertz CT molecular complexity index is 5150. The molecule has 7 aliphatic rings. The molecular formula is C105H100O9S4+4. The lowest BCUT2D eigenvalue weighted by atomic mass is 9.67. The Labute approximate surface area is 706 Å². The molecule has 7 fully saturated rings. The van der Waals surface area contributed by atoms with Crippen molar-refractivity contribution in [3.8, 4) is 23.0 Å². The van der Waals surface area contributed by atoms with Crippen molar-refractivity contribution in [2.24, 2.45) is 71.0 Å². The highest BCUT2D eigenvalue weighted by Crippen LogP contribution is 2.69. The fourth-order valence-electron chi connectivity index (χ4n) is 19.8. The average Bonchev–Trinajstić information content (AvgIpc) is 1.55. The zero-order valence-corrected chi connectivity index (χ0v) is 69.8. The second-order valence-corrected chi connectivity index (χ2v) is 39.7.